The Morgan fingerprint density at radius 3 is 2.53 bits per heavy atom. The van der Waals surface area contributed by atoms with Gasteiger partial charge in [-0.25, -0.2) is 0 Å². The maximum absolute atomic E-state index is 13.0. The van der Waals surface area contributed by atoms with Crippen molar-refractivity contribution >= 4 is 29.7 Å². The molecule has 1 aliphatic rings. The fraction of sp³-hybridized carbons (Fsp3) is 0.357. The smallest absolute Gasteiger partial charge is 0.306 e. The van der Waals surface area contributed by atoms with Crippen LogP contribution in [0, 0.1) is 11.3 Å². The highest BCUT2D eigenvalue weighted by Gasteiger charge is 2.40. The van der Waals surface area contributed by atoms with Crippen LogP contribution in [0.5, 0.6) is 0 Å². The topological polar surface area (TPSA) is 126 Å². The molecule has 4 N–H and O–H groups in total. The second-order valence-electron chi connectivity index (χ2n) is 8.93. The highest BCUT2D eigenvalue weighted by Crippen LogP contribution is 2.30. The van der Waals surface area contributed by atoms with E-state index < -0.39 is 11.9 Å². The Morgan fingerprint density at radius 1 is 1.14 bits per heavy atom. The summed E-state index contributed by atoms with van der Waals surface area (Å²) in [6.45, 7) is 0.896. The Balaban J connectivity index is 1.53. The number of carbonyl (C=O) groups excluding carboxylic acids is 3. The van der Waals surface area contributed by atoms with E-state index in [1.54, 1.807) is 17.0 Å². The molecule has 0 aromatic heterocycles. The lowest BCUT2D eigenvalue weighted by molar-refractivity contribution is -0.145. The number of hydrogen-bond donors (Lipinski definition) is 3. The molecule has 0 aliphatic carbocycles. The van der Waals surface area contributed by atoms with Crippen LogP contribution in [0.4, 0.5) is 0 Å². The molecule has 0 radical (unpaired) electrons. The van der Waals surface area contributed by atoms with Crippen LogP contribution in [0.3, 0.4) is 0 Å². The van der Waals surface area contributed by atoms with Crippen molar-refractivity contribution in [2.45, 2.75) is 38.1 Å². The van der Waals surface area contributed by atoms with E-state index in [-0.39, 0.29) is 36.5 Å². The van der Waals surface area contributed by atoms with Crippen LogP contribution in [0.15, 0.2) is 60.7 Å². The number of carbonyl (C=O) groups is 3. The van der Waals surface area contributed by atoms with Gasteiger partial charge in [-0.2, -0.15) is 0 Å². The SMILES string of the molecule is COC(=O)C[C@@H]1C[C@@H](CC(=O)NCC=Cc2ccc(C(=N)N)cc2)N(CCCc2ccccc2)C1=O. The first-order chi connectivity index (χ1) is 17.4. The van der Waals surface area contributed by atoms with Gasteiger partial charge in [0, 0.05) is 31.1 Å². The van der Waals surface area contributed by atoms with Crippen molar-refractivity contribution in [2.75, 3.05) is 20.2 Å². The predicted octanol–water partition coefficient (Wildman–Crippen LogP) is 2.90. The zero-order valence-corrected chi connectivity index (χ0v) is 20.6. The molecule has 8 heteroatoms. The molecule has 1 saturated heterocycles. The summed E-state index contributed by atoms with van der Waals surface area (Å²) in [7, 11) is 1.31. The van der Waals surface area contributed by atoms with E-state index in [1.165, 1.54) is 12.7 Å². The molecule has 2 aromatic rings. The first-order valence-electron chi connectivity index (χ1n) is 12.2. The molecule has 1 heterocycles. The fourth-order valence-corrected chi connectivity index (χ4v) is 4.44. The lowest BCUT2D eigenvalue weighted by Gasteiger charge is -2.24. The normalized spacial score (nSPS) is 17.4. The molecule has 1 fully saturated rings. The van der Waals surface area contributed by atoms with Gasteiger partial charge in [0.1, 0.15) is 5.84 Å². The van der Waals surface area contributed by atoms with E-state index >= 15 is 0 Å². The average molecular weight is 491 g/mol. The largest absolute Gasteiger partial charge is 0.469 e. The average Bonchev–Trinajstić information content (AvgIpc) is 3.16. The van der Waals surface area contributed by atoms with Crippen LogP contribution in [0.25, 0.3) is 6.08 Å². The summed E-state index contributed by atoms with van der Waals surface area (Å²) < 4.78 is 4.76. The predicted molar refractivity (Wildman–Crippen MR) is 139 cm³/mol. The molecule has 2 amide bonds. The summed E-state index contributed by atoms with van der Waals surface area (Å²) in [5, 5.41) is 10.3. The standard InChI is InChI=1S/C28H34N4O4/c1-36-26(34)18-23-17-24(32(28(23)35)16-6-10-20-7-3-2-4-8-20)19-25(33)31-15-5-9-21-11-13-22(14-12-21)27(29)30/h2-5,7-9,11-14,23-24H,6,10,15-19H2,1H3,(H3,29,30)(H,31,33)/t23-,24-/m0/s1. The number of nitrogens with zero attached hydrogens (tertiary/aromatic N) is 1. The molecule has 0 spiro atoms. The van der Waals surface area contributed by atoms with Crippen molar-refractivity contribution in [2.24, 2.45) is 11.7 Å². The first kappa shape index (κ1) is 26.7. The molecule has 2 aromatic carbocycles. The third kappa shape index (κ3) is 7.80. The van der Waals surface area contributed by atoms with Gasteiger partial charge >= 0.3 is 5.97 Å². The van der Waals surface area contributed by atoms with E-state index in [4.69, 9.17) is 15.9 Å². The van der Waals surface area contributed by atoms with Gasteiger partial charge in [-0.05, 0) is 30.4 Å². The molecular weight excluding hydrogens is 456 g/mol. The maximum atomic E-state index is 13.0. The minimum atomic E-state index is -0.454. The van der Waals surface area contributed by atoms with Crippen molar-refractivity contribution in [3.8, 4) is 0 Å². The Labute approximate surface area is 212 Å². The highest BCUT2D eigenvalue weighted by molar-refractivity contribution is 5.95. The number of hydrogen-bond acceptors (Lipinski definition) is 5. The lowest BCUT2D eigenvalue weighted by Crippen LogP contribution is -2.38. The number of ether oxygens (including phenoxy) is 1. The van der Waals surface area contributed by atoms with Gasteiger partial charge in [0.15, 0.2) is 0 Å². The number of likely N-dealkylation sites (tertiary alicyclic amines) is 1. The van der Waals surface area contributed by atoms with Gasteiger partial charge in [-0.1, -0.05) is 66.7 Å². The minimum absolute atomic E-state index is 0.0196. The number of nitrogen functional groups attached to an aromatic ring is 1. The Morgan fingerprint density at radius 2 is 1.86 bits per heavy atom. The van der Waals surface area contributed by atoms with Gasteiger partial charge in [0.25, 0.3) is 0 Å². The van der Waals surface area contributed by atoms with Crippen molar-refractivity contribution in [1.82, 2.24) is 10.2 Å². The summed E-state index contributed by atoms with van der Waals surface area (Å²) in [6.07, 6.45) is 6.03. The number of rotatable bonds is 12. The van der Waals surface area contributed by atoms with Gasteiger partial charge in [0.2, 0.25) is 11.8 Å². The van der Waals surface area contributed by atoms with E-state index in [0.717, 1.165) is 18.4 Å². The van der Waals surface area contributed by atoms with Gasteiger partial charge in [-0.3, -0.25) is 19.8 Å². The second kappa shape index (κ2) is 13.2. The number of methoxy groups -OCH3 is 1. The van der Waals surface area contributed by atoms with Crippen LogP contribution < -0.4 is 11.1 Å². The quantitative estimate of drug-likeness (QED) is 0.240. The van der Waals surface area contributed by atoms with Crippen molar-refractivity contribution in [3.63, 3.8) is 0 Å². The number of aryl methyl sites for hydroxylation is 1. The fourth-order valence-electron chi connectivity index (χ4n) is 4.44. The number of nitrogens with two attached hydrogens (primary N) is 1. The summed E-state index contributed by atoms with van der Waals surface area (Å²) in [5.74, 6) is -1.07. The minimum Gasteiger partial charge on any atom is -0.469 e. The summed E-state index contributed by atoms with van der Waals surface area (Å²) >= 11 is 0. The highest BCUT2D eigenvalue weighted by atomic mass is 16.5. The Kier molecular flexibility index (Phi) is 9.80. The van der Waals surface area contributed by atoms with Crippen LogP contribution >= 0.6 is 0 Å². The van der Waals surface area contributed by atoms with E-state index in [2.05, 4.69) is 17.4 Å². The first-order valence-corrected chi connectivity index (χ1v) is 12.2. The van der Waals surface area contributed by atoms with Crippen molar-refractivity contribution in [3.05, 3.63) is 77.4 Å². The second-order valence-corrected chi connectivity index (χ2v) is 8.93. The summed E-state index contributed by atoms with van der Waals surface area (Å²) in [4.78, 5) is 39.2. The van der Waals surface area contributed by atoms with E-state index in [1.807, 2.05) is 42.5 Å². The van der Waals surface area contributed by atoms with Crippen molar-refractivity contribution in [1.29, 1.82) is 5.41 Å². The number of benzene rings is 2. The molecule has 0 bridgehead atoms. The number of amides is 2. The molecule has 8 nitrogen and oxygen atoms in total. The number of amidine groups is 1. The molecular formula is C28H34N4O4. The van der Waals surface area contributed by atoms with Crippen LogP contribution in [0.1, 0.15) is 42.4 Å². The Hall–Kier alpha value is -3.94. The molecule has 2 atom stereocenters. The lowest BCUT2D eigenvalue weighted by atomic mass is 10.00. The van der Waals surface area contributed by atoms with Crippen LogP contribution in [-0.4, -0.2) is 54.8 Å². The molecule has 36 heavy (non-hydrogen) atoms. The molecule has 0 saturated carbocycles. The summed E-state index contributed by atoms with van der Waals surface area (Å²) in [6, 6.07) is 17.1. The molecule has 190 valence electrons. The monoisotopic (exact) mass is 490 g/mol. The zero-order valence-electron chi connectivity index (χ0n) is 20.6. The molecule has 0 unspecified atom stereocenters. The van der Waals surface area contributed by atoms with Gasteiger partial charge in [-0.15, -0.1) is 0 Å². The van der Waals surface area contributed by atoms with Crippen LogP contribution in [-0.2, 0) is 25.5 Å². The van der Waals surface area contributed by atoms with Gasteiger partial charge < -0.3 is 20.7 Å². The number of esters is 1. The van der Waals surface area contributed by atoms with E-state index in [9.17, 15) is 14.4 Å². The Bertz CT molecular complexity index is 1080. The van der Waals surface area contributed by atoms with E-state index in [0.29, 0.717) is 25.1 Å². The summed E-state index contributed by atoms with van der Waals surface area (Å²) in [5.41, 5.74) is 8.26. The molecule has 3 rings (SSSR count). The number of nitrogens with one attached hydrogen (secondary N) is 2. The van der Waals surface area contributed by atoms with Crippen molar-refractivity contribution < 1.29 is 19.1 Å². The third-order valence-corrected chi connectivity index (χ3v) is 6.35. The van der Waals surface area contributed by atoms with Gasteiger partial charge in [0.05, 0.1) is 19.4 Å². The maximum Gasteiger partial charge on any atom is 0.306 e. The molecule has 1 aliphatic heterocycles. The van der Waals surface area contributed by atoms with Crippen LogP contribution in [0.2, 0.25) is 0 Å². The third-order valence-electron chi connectivity index (χ3n) is 6.35. The zero-order chi connectivity index (χ0) is 25.9.